The molecular formula is C44H56Cl2N8O6. The average Bonchev–Trinajstić information content (AvgIpc) is 3.97. The Labute approximate surface area is 361 Å². The van der Waals surface area contributed by atoms with Gasteiger partial charge in [0.05, 0.1) is 26.3 Å². The van der Waals surface area contributed by atoms with Crippen LogP contribution in [0.25, 0.3) is 33.6 Å². The van der Waals surface area contributed by atoms with Gasteiger partial charge < -0.3 is 39.9 Å². The van der Waals surface area contributed by atoms with Gasteiger partial charge in [0.15, 0.2) is 0 Å². The third-order valence-electron chi connectivity index (χ3n) is 12.3. The minimum Gasteiger partial charge on any atom is -0.453 e. The number of hydrogen-bond acceptors (Lipinski definition) is 8. The minimum atomic E-state index is -0.761. The third-order valence-corrected chi connectivity index (χ3v) is 12.9. The quantitative estimate of drug-likeness (QED) is 0.116. The first kappa shape index (κ1) is 44.5. The van der Waals surface area contributed by atoms with Crippen molar-refractivity contribution in [2.75, 3.05) is 14.2 Å². The van der Waals surface area contributed by atoms with Gasteiger partial charge in [-0.2, -0.15) is 0 Å². The molecule has 16 heteroatoms. The van der Waals surface area contributed by atoms with E-state index in [1.54, 1.807) is 0 Å². The molecule has 4 heterocycles. The number of aromatic amines is 2. The van der Waals surface area contributed by atoms with Crippen molar-refractivity contribution in [2.45, 2.75) is 104 Å². The number of amides is 4. The van der Waals surface area contributed by atoms with Crippen LogP contribution in [-0.4, -0.2) is 92.1 Å². The Hall–Kier alpha value is -5.08. The summed E-state index contributed by atoms with van der Waals surface area (Å²) in [6.45, 7) is 15.8. The van der Waals surface area contributed by atoms with Crippen molar-refractivity contribution >= 4 is 47.2 Å². The monoisotopic (exact) mass is 862 g/mol. The molecule has 8 atom stereocenters. The molecule has 0 unspecified atom stereocenters. The lowest BCUT2D eigenvalue weighted by Crippen LogP contribution is -2.53. The number of carbonyl (C=O) groups is 4. The molecule has 2 saturated heterocycles. The van der Waals surface area contributed by atoms with Crippen LogP contribution in [0.5, 0.6) is 0 Å². The van der Waals surface area contributed by atoms with E-state index in [0.29, 0.717) is 46.2 Å². The van der Waals surface area contributed by atoms with E-state index in [0.717, 1.165) is 22.3 Å². The Morgan fingerprint density at radius 2 is 0.933 bits per heavy atom. The maximum atomic E-state index is 14.0. The van der Waals surface area contributed by atoms with Crippen LogP contribution in [0.15, 0.2) is 48.5 Å². The number of rotatable bonds is 11. The second-order valence-corrected chi connectivity index (χ2v) is 17.6. The Bertz CT molecular complexity index is 2030. The summed E-state index contributed by atoms with van der Waals surface area (Å²) in [5.74, 6) is 0.845. The molecule has 0 radical (unpaired) electrons. The van der Waals surface area contributed by atoms with Crippen molar-refractivity contribution in [3.8, 4) is 33.6 Å². The van der Waals surface area contributed by atoms with E-state index in [4.69, 9.17) is 42.6 Å². The Kier molecular flexibility index (Phi) is 13.5. The molecule has 4 aromatic rings. The number of nitrogens with zero attached hydrogens (tertiary/aromatic N) is 4. The number of imidazole rings is 2. The lowest BCUT2D eigenvalue weighted by molar-refractivity contribution is -0.138. The number of alkyl carbamates (subject to hydrolysis) is 2. The maximum Gasteiger partial charge on any atom is 0.407 e. The van der Waals surface area contributed by atoms with Gasteiger partial charge in [-0.15, -0.1) is 0 Å². The smallest absolute Gasteiger partial charge is 0.407 e. The van der Waals surface area contributed by atoms with Crippen LogP contribution in [0.4, 0.5) is 9.59 Å². The van der Waals surface area contributed by atoms with Gasteiger partial charge in [0, 0.05) is 23.2 Å². The molecule has 2 aliphatic heterocycles. The number of nitrogens with one attached hydrogen (secondary N) is 4. The number of benzene rings is 2. The first-order valence-corrected chi connectivity index (χ1v) is 21.3. The average molecular weight is 864 g/mol. The fourth-order valence-corrected chi connectivity index (χ4v) is 8.93. The summed E-state index contributed by atoms with van der Waals surface area (Å²) < 4.78 is 9.60. The first-order valence-electron chi connectivity index (χ1n) is 20.5. The lowest BCUT2D eigenvalue weighted by atomic mass is 10.0. The summed E-state index contributed by atoms with van der Waals surface area (Å²) in [6.07, 6.45) is 0.0606. The minimum absolute atomic E-state index is 0.0888. The van der Waals surface area contributed by atoms with Crippen LogP contribution in [0.1, 0.15) is 92.0 Å². The van der Waals surface area contributed by atoms with Crippen LogP contribution in [-0.2, 0) is 19.1 Å². The standard InChI is InChI=1S/C44H56Cl2N8O6/c1-21(2)33(49-43(57)59-9)41(55)53-25(7)23(5)19-31(53)39-47-35(37(45)51-39)29-15-11-27(12-16-29)28-13-17-30(18-14-28)36-38(46)52-40(48-36)32-20-24(6)26(8)54(32)42(56)34(22(3)4)50-44(58)60-10/h11-18,21-26,31-34H,19-20H2,1-10H3,(H,47,51)(H,48,52)(H,49,57)(H,50,58)/t23-,24-,25-,26-,31+,32+,33+,34+/m1/s1. The van der Waals surface area contributed by atoms with Gasteiger partial charge in [-0.05, 0) is 61.5 Å². The van der Waals surface area contributed by atoms with Crippen molar-refractivity contribution in [1.82, 2.24) is 40.4 Å². The summed E-state index contributed by atoms with van der Waals surface area (Å²) in [4.78, 5) is 72.1. The summed E-state index contributed by atoms with van der Waals surface area (Å²) in [6, 6.07) is 13.5. The van der Waals surface area contributed by atoms with Gasteiger partial charge in [0.2, 0.25) is 11.8 Å². The summed E-state index contributed by atoms with van der Waals surface area (Å²) >= 11 is 13.6. The van der Waals surface area contributed by atoms with Crippen LogP contribution < -0.4 is 10.6 Å². The molecule has 4 N–H and O–H groups in total. The van der Waals surface area contributed by atoms with Crippen LogP contribution in [0.2, 0.25) is 10.3 Å². The van der Waals surface area contributed by atoms with Crippen molar-refractivity contribution < 1.29 is 28.7 Å². The van der Waals surface area contributed by atoms with Gasteiger partial charge in [-0.25, -0.2) is 19.6 Å². The normalized spacial score (nSPS) is 22.6. The molecule has 60 heavy (non-hydrogen) atoms. The van der Waals surface area contributed by atoms with Crippen LogP contribution in [0.3, 0.4) is 0 Å². The topological polar surface area (TPSA) is 175 Å². The van der Waals surface area contributed by atoms with Crippen molar-refractivity contribution in [1.29, 1.82) is 0 Å². The molecule has 0 bridgehead atoms. The summed E-state index contributed by atoms with van der Waals surface area (Å²) in [5, 5.41) is 6.17. The predicted octanol–water partition coefficient (Wildman–Crippen LogP) is 8.80. The molecule has 322 valence electrons. The maximum absolute atomic E-state index is 14.0. The number of likely N-dealkylation sites (tertiary alicyclic amines) is 2. The Morgan fingerprint density at radius 3 is 1.23 bits per heavy atom. The molecule has 2 aromatic carbocycles. The number of aromatic nitrogens is 4. The van der Waals surface area contributed by atoms with Crippen LogP contribution in [0, 0.1) is 23.7 Å². The number of halogens is 2. The number of H-pyrrole nitrogens is 2. The van der Waals surface area contributed by atoms with E-state index in [2.05, 4.69) is 34.4 Å². The second-order valence-electron chi connectivity index (χ2n) is 16.9. The molecule has 0 aliphatic carbocycles. The molecule has 2 aromatic heterocycles. The van der Waals surface area contributed by atoms with Gasteiger partial charge >= 0.3 is 12.2 Å². The van der Waals surface area contributed by atoms with E-state index >= 15 is 0 Å². The molecule has 0 saturated carbocycles. The molecule has 4 amide bonds. The van der Waals surface area contributed by atoms with E-state index < -0.39 is 24.3 Å². The van der Waals surface area contributed by atoms with Gasteiger partial charge in [0.1, 0.15) is 45.4 Å². The first-order chi connectivity index (χ1) is 28.4. The molecule has 6 rings (SSSR count). The molecule has 2 aliphatic rings. The zero-order chi connectivity index (χ0) is 43.7. The fourth-order valence-electron chi connectivity index (χ4n) is 8.43. The number of carbonyl (C=O) groups excluding carboxylic acids is 4. The van der Waals surface area contributed by atoms with E-state index in [9.17, 15) is 19.2 Å². The van der Waals surface area contributed by atoms with E-state index in [1.165, 1.54) is 14.2 Å². The third kappa shape index (κ3) is 8.86. The molecule has 0 spiro atoms. The van der Waals surface area contributed by atoms with Crippen molar-refractivity contribution in [3.05, 3.63) is 70.5 Å². The van der Waals surface area contributed by atoms with Crippen LogP contribution >= 0.6 is 23.2 Å². The zero-order valence-electron chi connectivity index (χ0n) is 35.8. The molecule has 2 fully saturated rings. The predicted molar refractivity (Wildman–Crippen MR) is 231 cm³/mol. The van der Waals surface area contributed by atoms with Gasteiger partial charge in [-0.1, -0.05) is 113 Å². The Balaban J connectivity index is 1.19. The van der Waals surface area contributed by atoms with E-state index in [1.807, 2.05) is 99.9 Å². The highest BCUT2D eigenvalue weighted by atomic mass is 35.5. The number of ether oxygens (including phenoxy) is 2. The van der Waals surface area contributed by atoms with Crippen molar-refractivity contribution in [3.63, 3.8) is 0 Å². The van der Waals surface area contributed by atoms with Gasteiger partial charge in [0.25, 0.3) is 0 Å². The number of hydrogen-bond donors (Lipinski definition) is 4. The lowest BCUT2D eigenvalue weighted by Gasteiger charge is -2.33. The zero-order valence-corrected chi connectivity index (χ0v) is 37.3. The number of methoxy groups -OCH3 is 2. The highest BCUT2D eigenvalue weighted by Gasteiger charge is 2.46. The molecule has 14 nitrogen and oxygen atoms in total. The van der Waals surface area contributed by atoms with Crippen molar-refractivity contribution in [2.24, 2.45) is 23.7 Å². The second kappa shape index (κ2) is 18.3. The molecular weight excluding hydrogens is 807 g/mol. The highest BCUT2D eigenvalue weighted by Crippen LogP contribution is 2.43. The van der Waals surface area contributed by atoms with Gasteiger partial charge in [-0.3, -0.25) is 9.59 Å². The summed E-state index contributed by atoms with van der Waals surface area (Å²) in [7, 11) is 2.56. The summed E-state index contributed by atoms with van der Waals surface area (Å²) in [5.41, 5.74) is 4.73. The largest absolute Gasteiger partial charge is 0.453 e. The SMILES string of the molecule is COC(=O)N[C@H](C(=O)N1[C@H](C)[C@H](C)C[C@H]1c1nc(-c2ccc(-c3ccc(-c4nc([C@@H]5C[C@@H](C)[C@@H](C)N5C(=O)[C@@H](NC(=O)OC)C(C)C)[nH]c4Cl)cc3)cc2)c(Cl)[nH]1)C(C)C. The fraction of sp³-hybridized carbons (Fsp3) is 0.500. The van der Waals surface area contributed by atoms with E-state index in [-0.39, 0.29) is 59.7 Å². The Morgan fingerprint density at radius 1 is 0.617 bits per heavy atom. The highest BCUT2D eigenvalue weighted by molar-refractivity contribution is 6.32.